The number of H-pyrrole nitrogens is 1. The molecule has 3 aromatic rings. The average Bonchev–Trinajstić information content (AvgIpc) is 3.21. The Bertz CT molecular complexity index is 880. The highest BCUT2D eigenvalue weighted by atomic mass is 16.3. The summed E-state index contributed by atoms with van der Waals surface area (Å²) >= 11 is 0. The van der Waals surface area contributed by atoms with Crippen molar-refractivity contribution in [2.45, 2.75) is 25.3 Å². The Morgan fingerprint density at radius 2 is 2.29 bits per heavy atom. The Kier molecular flexibility index (Phi) is 3.61. The van der Waals surface area contributed by atoms with Gasteiger partial charge in [-0.25, -0.2) is 4.98 Å². The van der Waals surface area contributed by atoms with Gasteiger partial charge in [-0.1, -0.05) is 0 Å². The predicted octanol–water partition coefficient (Wildman–Crippen LogP) is 2.83. The largest absolute Gasteiger partial charge is 0.461 e. The lowest BCUT2D eigenvalue weighted by molar-refractivity contribution is 0.101. The molecule has 0 saturated carbocycles. The van der Waals surface area contributed by atoms with Gasteiger partial charge in [0.05, 0.1) is 0 Å². The molecule has 1 aliphatic rings. The maximum Gasteiger partial charge on any atom is 0.291 e. The maximum absolute atomic E-state index is 12.1. The first-order valence-electron chi connectivity index (χ1n) is 8.13. The molecule has 0 aliphatic heterocycles. The quantitative estimate of drug-likeness (QED) is 0.777. The van der Waals surface area contributed by atoms with Crippen molar-refractivity contribution < 1.29 is 9.21 Å². The van der Waals surface area contributed by atoms with E-state index in [2.05, 4.69) is 34.3 Å². The summed E-state index contributed by atoms with van der Waals surface area (Å²) < 4.78 is 6.00. The van der Waals surface area contributed by atoms with Crippen LogP contribution in [0, 0.1) is 0 Å². The molecule has 6 nitrogen and oxygen atoms in total. The fourth-order valence-electron chi connectivity index (χ4n) is 3.36. The second kappa shape index (κ2) is 5.79. The van der Waals surface area contributed by atoms with E-state index in [9.17, 15) is 4.79 Å². The number of hydrogen-bond donors (Lipinski definition) is 2. The van der Waals surface area contributed by atoms with Crippen molar-refractivity contribution in [3.8, 4) is 0 Å². The summed E-state index contributed by atoms with van der Waals surface area (Å²) in [5.74, 6) is 1.14. The van der Waals surface area contributed by atoms with Gasteiger partial charge in [0.25, 0.3) is 5.91 Å². The lowest BCUT2D eigenvalue weighted by Crippen LogP contribution is -2.33. The number of anilines is 1. The zero-order valence-electron chi connectivity index (χ0n) is 13.8. The van der Waals surface area contributed by atoms with Crippen LogP contribution in [-0.2, 0) is 12.8 Å². The van der Waals surface area contributed by atoms with E-state index in [-0.39, 0.29) is 5.91 Å². The smallest absolute Gasteiger partial charge is 0.291 e. The van der Waals surface area contributed by atoms with Gasteiger partial charge in [0.15, 0.2) is 5.82 Å². The van der Waals surface area contributed by atoms with Crippen molar-refractivity contribution in [2.24, 2.45) is 0 Å². The molecular weight excluding hydrogens is 304 g/mol. The summed E-state index contributed by atoms with van der Waals surface area (Å²) in [6.07, 6.45) is 6.24. The van der Waals surface area contributed by atoms with Crippen LogP contribution in [0.25, 0.3) is 11.0 Å². The van der Waals surface area contributed by atoms with Crippen LogP contribution in [0.3, 0.4) is 0 Å². The first-order chi connectivity index (χ1) is 11.6. The highest BCUT2D eigenvalue weighted by molar-refractivity contribution is 6.02. The molecule has 2 heterocycles. The summed E-state index contributed by atoms with van der Waals surface area (Å²) in [6.45, 7) is 0. The van der Waals surface area contributed by atoms with Crippen molar-refractivity contribution in [2.75, 3.05) is 19.4 Å². The fraction of sp³-hybridized carbons (Fsp3) is 0.333. The lowest BCUT2D eigenvalue weighted by Gasteiger charge is -2.27. The molecule has 0 fully saturated rings. The first kappa shape index (κ1) is 15.0. The van der Waals surface area contributed by atoms with Crippen LogP contribution in [0.15, 0.2) is 35.0 Å². The zero-order chi connectivity index (χ0) is 16.7. The van der Waals surface area contributed by atoms with E-state index in [0.717, 1.165) is 41.7 Å². The summed E-state index contributed by atoms with van der Waals surface area (Å²) in [5, 5.41) is 3.97. The molecule has 24 heavy (non-hydrogen) atoms. The molecule has 0 saturated heterocycles. The van der Waals surface area contributed by atoms with E-state index in [1.54, 1.807) is 12.4 Å². The minimum Gasteiger partial charge on any atom is -0.461 e. The molecule has 2 N–H and O–H groups in total. The van der Waals surface area contributed by atoms with E-state index >= 15 is 0 Å². The normalized spacial score (nSPS) is 17.2. The monoisotopic (exact) mass is 324 g/mol. The van der Waals surface area contributed by atoms with E-state index in [1.807, 2.05) is 18.2 Å². The SMILES string of the molecule is CN(C)C1CCc2oc3ccc(NC(=O)c4ncc[nH]4)cc3c2C1. The van der Waals surface area contributed by atoms with Gasteiger partial charge >= 0.3 is 0 Å². The molecule has 0 radical (unpaired) electrons. The summed E-state index contributed by atoms with van der Waals surface area (Å²) in [6, 6.07) is 6.31. The van der Waals surface area contributed by atoms with Crippen molar-refractivity contribution >= 4 is 22.6 Å². The van der Waals surface area contributed by atoms with E-state index in [4.69, 9.17) is 4.42 Å². The number of furan rings is 1. The number of aromatic amines is 1. The summed E-state index contributed by atoms with van der Waals surface area (Å²) in [4.78, 5) is 21.2. The number of amides is 1. The molecule has 1 atom stereocenters. The Morgan fingerprint density at radius 1 is 1.42 bits per heavy atom. The lowest BCUT2D eigenvalue weighted by atomic mass is 9.91. The van der Waals surface area contributed by atoms with E-state index < -0.39 is 0 Å². The molecule has 6 heteroatoms. The number of hydrogen-bond acceptors (Lipinski definition) is 4. The van der Waals surface area contributed by atoms with Crippen LogP contribution >= 0.6 is 0 Å². The van der Waals surface area contributed by atoms with E-state index in [1.165, 1.54) is 5.56 Å². The van der Waals surface area contributed by atoms with Crippen molar-refractivity contribution in [1.29, 1.82) is 0 Å². The third-order valence-electron chi connectivity index (χ3n) is 4.72. The molecule has 1 amide bonds. The maximum atomic E-state index is 12.1. The molecule has 2 aromatic heterocycles. The van der Waals surface area contributed by atoms with E-state index in [0.29, 0.717) is 11.9 Å². The van der Waals surface area contributed by atoms with Crippen LogP contribution < -0.4 is 5.32 Å². The number of likely N-dealkylation sites (N-methyl/N-ethyl adjacent to an activating group) is 1. The minimum absolute atomic E-state index is 0.247. The highest BCUT2D eigenvalue weighted by Crippen LogP contribution is 2.34. The number of imidazole rings is 1. The Balaban J connectivity index is 1.65. The molecule has 0 spiro atoms. The highest BCUT2D eigenvalue weighted by Gasteiger charge is 2.25. The third-order valence-corrected chi connectivity index (χ3v) is 4.72. The van der Waals surface area contributed by atoms with Gasteiger partial charge in [-0.3, -0.25) is 4.79 Å². The van der Waals surface area contributed by atoms with Crippen molar-refractivity contribution in [3.05, 3.63) is 47.7 Å². The van der Waals surface area contributed by atoms with Crippen molar-refractivity contribution in [3.63, 3.8) is 0 Å². The number of nitrogens with one attached hydrogen (secondary N) is 2. The molecule has 4 rings (SSSR count). The van der Waals surface area contributed by atoms with Gasteiger partial charge in [-0.15, -0.1) is 0 Å². The molecule has 1 unspecified atom stereocenters. The van der Waals surface area contributed by atoms with Gasteiger partial charge in [-0.05, 0) is 45.1 Å². The molecule has 0 bridgehead atoms. The summed E-state index contributed by atoms with van der Waals surface area (Å²) in [5.41, 5.74) is 2.90. The molecule has 1 aliphatic carbocycles. The third kappa shape index (κ3) is 2.59. The Hall–Kier alpha value is -2.60. The average molecular weight is 324 g/mol. The Labute approximate surface area is 139 Å². The molecule has 124 valence electrons. The van der Waals surface area contributed by atoms with Gasteiger partial charge in [0.2, 0.25) is 0 Å². The number of nitrogens with zero attached hydrogens (tertiary/aromatic N) is 2. The minimum atomic E-state index is -0.247. The van der Waals surface area contributed by atoms with Gasteiger partial charge < -0.3 is 19.6 Å². The van der Waals surface area contributed by atoms with Gasteiger partial charge in [-0.2, -0.15) is 0 Å². The zero-order valence-corrected chi connectivity index (χ0v) is 13.8. The van der Waals surface area contributed by atoms with Crippen LogP contribution in [-0.4, -0.2) is 40.9 Å². The second-order valence-corrected chi connectivity index (χ2v) is 6.47. The topological polar surface area (TPSA) is 74.2 Å². The number of rotatable bonds is 3. The number of carbonyl (C=O) groups excluding carboxylic acids is 1. The number of aromatic nitrogens is 2. The summed E-state index contributed by atoms with van der Waals surface area (Å²) in [7, 11) is 4.24. The predicted molar refractivity (Wildman–Crippen MR) is 92.3 cm³/mol. The number of carbonyl (C=O) groups is 1. The molecular formula is C18H20N4O2. The second-order valence-electron chi connectivity index (χ2n) is 6.47. The van der Waals surface area contributed by atoms with Gasteiger partial charge in [0.1, 0.15) is 11.3 Å². The number of benzene rings is 1. The van der Waals surface area contributed by atoms with Crippen LogP contribution in [0.2, 0.25) is 0 Å². The van der Waals surface area contributed by atoms with Crippen LogP contribution in [0.4, 0.5) is 5.69 Å². The number of aryl methyl sites for hydroxylation is 1. The standard InChI is InChI=1S/C18H20N4O2/c1-22(2)12-4-6-16-14(10-12)13-9-11(3-5-15(13)24-16)21-18(23)17-19-7-8-20-17/h3,5,7-9,12H,4,6,10H2,1-2H3,(H,19,20)(H,21,23). The number of fused-ring (bicyclic) bond motifs is 3. The fourth-order valence-corrected chi connectivity index (χ4v) is 3.36. The first-order valence-corrected chi connectivity index (χ1v) is 8.13. The molecule has 1 aromatic carbocycles. The van der Waals surface area contributed by atoms with Gasteiger partial charge in [0, 0.05) is 41.5 Å². The van der Waals surface area contributed by atoms with Crippen LogP contribution in [0.5, 0.6) is 0 Å². The van der Waals surface area contributed by atoms with Crippen molar-refractivity contribution in [1.82, 2.24) is 14.9 Å². The Morgan fingerprint density at radius 3 is 3.04 bits per heavy atom. The van der Waals surface area contributed by atoms with Crippen LogP contribution in [0.1, 0.15) is 28.4 Å².